The molecule has 1 heteroatoms. The van der Waals surface area contributed by atoms with Gasteiger partial charge in [0.15, 0.2) is 0 Å². The van der Waals surface area contributed by atoms with Gasteiger partial charge in [0.1, 0.15) is 0 Å². The van der Waals surface area contributed by atoms with Gasteiger partial charge in [-0.3, -0.25) is 0 Å². The van der Waals surface area contributed by atoms with Gasteiger partial charge in [0, 0.05) is 0 Å². The molecule has 0 radical (unpaired) electrons. The van der Waals surface area contributed by atoms with E-state index in [9.17, 15) is 0 Å². The predicted octanol–water partition coefficient (Wildman–Crippen LogP) is 2.96. The van der Waals surface area contributed by atoms with Crippen LogP contribution in [0.5, 0.6) is 0 Å². The molecule has 1 nitrogen and oxygen atoms in total. The molecule has 0 aromatic heterocycles. The molecule has 1 atom stereocenters. The molecule has 2 aliphatic rings. The highest BCUT2D eigenvalue weighted by Gasteiger charge is 2.23. The van der Waals surface area contributed by atoms with E-state index in [1.165, 1.54) is 64.5 Å². The van der Waals surface area contributed by atoms with Crippen LogP contribution >= 0.6 is 0 Å². The van der Waals surface area contributed by atoms with Crippen LogP contribution < -0.4 is 5.32 Å². The normalized spacial score (nSPS) is 32.8. The van der Waals surface area contributed by atoms with E-state index in [1.54, 1.807) is 0 Å². The van der Waals surface area contributed by atoms with Crippen molar-refractivity contribution in [2.24, 2.45) is 11.8 Å². The summed E-state index contributed by atoms with van der Waals surface area (Å²) in [5.41, 5.74) is 0. The largest absolute Gasteiger partial charge is 0.317 e. The van der Waals surface area contributed by atoms with Crippen LogP contribution in [0, 0.1) is 11.8 Å². The van der Waals surface area contributed by atoms with E-state index in [0.29, 0.717) is 0 Å². The van der Waals surface area contributed by atoms with Gasteiger partial charge in [-0.05, 0) is 44.2 Å². The Labute approximate surface area is 82.3 Å². The van der Waals surface area contributed by atoms with Crippen molar-refractivity contribution in [3.05, 3.63) is 0 Å². The van der Waals surface area contributed by atoms with E-state index in [0.717, 1.165) is 11.8 Å². The molecule has 2 fully saturated rings. The quantitative estimate of drug-likeness (QED) is 0.656. The summed E-state index contributed by atoms with van der Waals surface area (Å²) in [6, 6.07) is 0. The molecular weight excluding hydrogens is 158 g/mol. The Morgan fingerprint density at radius 2 is 1.31 bits per heavy atom. The summed E-state index contributed by atoms with van der Waals surface area (Å²) in [4.78, 5) is 0. The topological polar surface area (TPSA) is 12.0 Å². The molecule has 0 aromatic carbocycles. The van der Waals surface area contributed by atoms with Gasteiger partial charge in [-0.25, -0.2) is 0 Å². The Morgan fingerprint density at radius 1 is 0.615 bits per heavy atom. The van der Waals surface area contributed by atoms with E-state index in [-0.39, 0.29) is 0 Å². The molecule has 0 bridgehead atoms. The van der Waals surface area contributed by atoms with Gasteiger partial charge in [0.25, 0.3) is 0 Å². The zero-order valence-electron chi connectivity index (χ0n) is 8.73. The van der Waals surface area contributed by atoms with Gasteiger partial charge >= 0.3 is 0 Å². The van der Waals surface area contributed by atoms with Crippen LogP contribution in [-0.4, -0.2) is 13.1 Å². The maximum atomic E-state index is 3.52. The Hall–Kier alpha value is -0.0400. The molecule has 1 aliphatic carbocycles. The smallest absolute Gasteiger partial charge is 0.00462 e. The lowest BCUT2D eigenvalue weighted by Crippen LogP contribution is -2.19. The monoisotopic (exact) mass is 181 g/mol. The summed E-state index contributed by atoms with van der Waals surface area (Å²) in [5, 5.41) is 3.52. The molecule has 1 heterocycles. The van der Waals surface area contributed by atoms with Crippen molar-refractivity contribution < 1.29 is 0 Å². The number of hydrogen-bond donors (Lipinski definition) is 1. The average Bonchev–Trinajstić information content (AvgIpc) is 2.47. The first-order valence-corrected chi connectivity index (χ1v) is 6.17. The van der Waals surface area contributed by atoms with Crippen LogP contribution in [0.3, 0.4) is 0 Å². The maximum Gasteiger partial charge on any atom is -0.00462 e. The summed E-state index contributed by atoms with van der Waals surface area (Å²) in [5.74, 6) is 2.16. The third-order valence-corrected chi connectivity index (χ3v) is 3.94. The summed E-state index contributed by atoms with van der Waals surface area (Å²) in [7, 11) is 0. The van der Waals surface area contributed by atoms with Crippen molar-refractivity contribution in [3.8, 4) is 0 Å². The fraction of sp³-hybridized carbons (Fsp3) is 1.00. The molecule has 2 rings (SSSR count). The fourth-order valence-electron chi connectivity index (χ4n) is 3.12. The van der Waals surface area contributed by atoms with Crippen molar-refractivity contribution in [1.82, 2.24) is 5.32 Å². The van der Waals surface area contributed by atoms with Gasteiger partial charge in [-0.15, -0.1) is 0 Å². The summed E-state index contributed by atoms with van der Waals surface area (Å²) >= 11 is 0. The molecule has 0 amide bonds. The highest BCUT2D eigenvalue weighted by atomic mass is 14.8. The number of nitrogens with one attached hydrogen (secondary N) is 1. The molecule has 1 saturated carbocycles. The highest BCUT2D eigenvalue weighted by molar-refractivity contribution is 4.76. The van der Waals surface area contributed by atoms with Crippen LogP contribution in [-0.2, 0) is 0 Å². The Kier molecular flexibility index (Phi) is 3.65. The van der Waals surface area contributed by atoms with Crippen molar-refractivity contribution in [1.29, 1.82) is 0 Å². The molecule has 1 unspecified atom stereocenters. The van der Waals surface area contributed by atoms with Gasteiger partial charge in [-0.1, -0.05) is 32.1 Å². The third kappa shape index (κ3) is 2.70. The Morgan fingerprint density at radius 3 is 2.15 bits per heavy atom. The van der Waals surface area contributed by atoms with Crippen LogP contribution in [0.15, 0.2) is 0 Å². The molecule has 1 aliphatic heterocycles. The van der Waals surface area contributed by atoms with E-state index >= 15 is 0 Å². The molecule has 0 spiro atoms. The van der Waals surface area contributed by atoms with Gasteiger partial charge in [0.05, 0.1) is 0 Å². The predicted molar refractivity (Wildman–Crippen MR) is 56.8 cm³/mol. The van der Waals surface area contributed by atoms with Crippen LogP contribution in [0.1, 0.15) is 51.4 Å². The lowest BCUT2D eigenvalue weighted by Gasteiger charge is -2.29. The standard InChI is InChI=1S/C12H23N/c1-2-5-11(6-3-1)12-7-4-9-13-10-8-12/h11-13H,1-10H2. The zero-order chi connectivity index (χ0) is 8.93. The second kappa shape index (κ2) is 4.99. The van der Waals surface area contributed by atoms with Crippen LogP contribution in [0.4, 0.5) is 0 Å². The van der Waals surface area contributed by atoms with Crippen molar-refractivity contribution in [2.75, 3.05) is 13.1 Å². The van der Waals surface area contributed by atoms with E-state index in [2.05, 4.69) is 5.32 Å². The summed E-state index contributed by atoms with van der Waals surface area (Å²) in [6.45, 7) is 2.55. The number of rotatable bonds is 1. The molecule has 13 heavy (non-hydrogen) atoms. The third-order valence-electron chi connectivity index (χ3n) is 3.94. The SMILES string of the molecule is C1CCC(C2CCCNCC2)CC1. The van der Waals surface area contributed by atoms with Gasteiger partial charge in [-0.2, -0.15) is 0 Å². The zero-order valence-corrected chi connectivity index (χ0v) is 8.73. The maximum absolute atomic E-state index is 3.52. The molecule has 1 N–H and O–H groups in total. The second-order valence-electron chi connectivity index (χ2n) is 4.84. The Balaban J connectivity index is 1.82. The van der Waals surface area contributed by atoms with Crippen LogP contribution in [0.25, 0.3) is 0 Å². The minimum Gasteiger partial charge on any atom is -0.317 e. The first-order chi connectivity index (χ1) is 6.47. The average molecular weight is 181 g/mol. The van der Waals surface area contributed by atoms with Gasteiger partial charge in [0.2, 0.25) is 0 Å². The van der Waals surface area contributed by atoms with Crippen molar-refractivity contribution in [3.63, 3.8) is 0 Å². The minimum absolute atomic E-state index is 1.07. The molecule has 0 aromatic rings. The highest BCUT2D eigenvalue weighted by Crippen LogP contribution is 2.34. The summed E-state index contributed by atoms with van der Waals surface area (Å²) < 4.78 is 0. The number of hydrogen-bond acceptors (Lipinski definition) is 1. The van der Waals surface area contributed by atoms with Crippen molar-refractivity contribution in [2.45, 2.75) is 51.4 Å². The lowest BCUT2D eigenvalue weighted by molar-refractivity contribution is 0.230. The summed E-state index contributed by atoms with van der Waals surface area (Å²) in [6.07, 6.45) is 11.9. The molecule has 1 saturated heterocycles. The Bertz CT molecular complexity index is 130. The van der Waals surface area contributed by atoms with Gasteiger partial charge < -0.3 is 5.32 Å². The lowest BCUT2D eigenvalue weighted by atomic mass is 9.77. The minimum atomic E-state index is 1.07. The van der Waals surface area contributed by atoms with Crippen molar-refractivity contribution >= 4 is 0 Å². The first-order valence-electron chi connectivity index (χ1n) is 6.17. The second-order valence-corrected chi connectivity index (χ2v) is 4.84. The first kappa shape index (κ1) is 9.51. The van der Waals surface area contributed by atoms with E-state index in [4.69, 9.17) is 0 Å². The van der Waals surface area contributed by atoms with E-state index < -0.39 is 0 Å². The fourth-order valence-corrected chi connectivity index (χ4v) is 3.12. The van der Waals surface area contributed by atoms with Crippen LogP contribution in [0.2, 0.25) is 0 Å². The molecule has 76 valence electrons. The van der Waals surface area contributed by atoms with E-state index in [1.807, 2.05) is 0 Å². The molecular formula is C12H23N.